The van der Waals surface area contributed by atoms with Crippen LogP contribution < -0.4 is 0 Å². The maximum atomic E-state index is 12.9. The molecule has 0 aliphatic heterocycles. The van der Waals surface area contributed by atoms with Crippen LogP contribution in [0.3, 0.4) is 0 Å². The van der Waals surface area contributed by atoms with Crippen molar-refractivity contribution in [3.63, 3.8) is 0 Å². The Bertz CT molecular complexity index is 1040. The van der Waals surface area contributed by atoms with Gasteiger partial charge >= 0.3 is 17.9 Å². The molecule has 0 rings (SSSR count). The number of hydrogen-bond acceptors (Lipinski definition) is 6. The predicted octanol–water partition coefficient (Wildman–Crippen LogP) is 19.9. The van der Waals surface area contributed by atoms with Crippen LogP contribution in [0.25, 0.3) is 0 Å². The van der Waals surface area contributed by atoms with E-state index in [-0.39, 0.29) is 31.1 Å². The van der Waals surface area contributed by atoms with Gasteiger partial charge in [0.2, 0.25) is 0 Å². The minimum Gasteiger partial charge on any atom is -0.462 e. The molecule has 0 amide bonds. The van der Waals surface area contributed by atoms with Gasteiger partial charge in [-0.1, -0.05) is 298 Å². The fourth-order valence-electron chi connectivity index (χ4n) is 9.32. The first kappa shape index (κ1) is 65.4. The van der Waals surface area contributed by atoms with Crippen LogP contribution in [0.1, 0.15) is 337 Å². The number of hydrogen-bond donors (Lipinski definition) is 0. The van der Waals surface area contributed by atoms with Gasteiger partial charge in [0.05, 0.1) is 0 Å². The number of carbonyl (C=O) groups excluding carboxylic acids is 3. The van der Waals surface area contributed by atoms with Gasteiger partial charge in [-0.3, -0.25) is 14.4 Å². The molecule has 0 bridgehead atoms. The minimum absolute atomic E-state index is 0.0633. The van der Waals surface area contributed by atoms with Crippen molar-refractivity contribution in [3.8, 4) is 0 Å². The van der Waals surface area contributed by atoms with Gasteiger partial charge in [-0.05, 0) is 37.0 Å². The Morgan fingerprint density at radius 1 is 0.299 bits per heavy atom. The van der Waals surface area contributed by atoms with E-state index in [2.05, 4.69) is 41.5 Å². The fourth-order valence-corrected chi connectivity index (χ4v) is 9.32. The lowest BCUT2D eigenvalue weighted by Gasteiger charge is -2.18. The Hall–Kier alpha value is -1.59. The predicted molar refractivity (Wildman–Crippen MR) is 289 cm³/mol. The highest BCUT2D eigenvalue weighted by Gasteiger charge is 2.19. The lowest BCUT2D eigenvalue weighted by molar-refractivity contribution is -0.167. The molecule has 0 fully saturated rings. The molecule has 398 valence electrons. The number of ether oxygens (including phenoxy) is 3. The van der Waals surface area contributed by atoms with Crippen LogP contribution in [0, 0.1) is 17.8 Å². The van der Waals surface area contributed by atoms with Gasteiger partial charge in [0, 0.05) is 19.3 Å². The molecule has 0 N–H and O–H groups in total. The molecule has 0 spiro atoms. The lowest BCUT2D eigenvalue weighted by atomic mass is 9.99. The molecule has 2 atom stereocenters. The molecular weight excluding hydrogens is 829 g/mol. The molecule has 0 aromatic carbocycles. The van der Waals surface area contributed by atoms with Gasteiger partial charge in [0.25, 0.3) is 0 Å². The van der Waals surface area contributed by atoms with Crippen LogP contribution in [0.2, 0.25) is 0 Å². The summed E-state index contributed by atoms with van der Waals surface area (Å²) >= 11 is 0. The summed E-state index contributed by atoms with van der Waals surface area (Å²) in [6, 6.07) is 0. The van der Waals surface area contributed by atoms with Crippen LogP contribution in [0.5, 0.6) is 0 Å². The molecule has 6 nitrogen and oxygen atoms in total. The zero-order valence-corrected chi connectivity index (χ0v) is 46.2. The third-order valence-electron chi connectivity index (χ3n) is 14.3. The zero-order valence-electron chi connectivity index (χ0n) is 46.2. The van der Waals surface area contributed by atoms with Crippen molar-refractivity contribution < 1.29 is 28.6 Å². The fraction of sp³-hybridized carbons (Fsp3) is 0.951. The van der Waals surface area contributed by atoms with E-state index in [9.17, 15) is 14.4 Å². The van der Waals surface area contributed by atoms with E-state index in [1.165, 1.54) is 218 Å². The molecule has 0 saturated carbocycles. The standard InChI is InChI=1S/C61H118O6/c1-7-57(6)49-43-37-31-25-19-15-12-13-17-21-27-34-40-46-52-61(64)67-58(54-66-60(63)51-45-39-33-28-22-24-30-36-42-48-56(4)5)53-65-59(62)50-44-38-32-26-20-16-11-9-8-10-14-18-23-29-35-41-47-55(2)3/h55-58H,7-54H2,1-6H3/t57?,58-/m1/s1. The van der Waals surface area contributed by atoms with Gasteiger partial charge in [0.15, 0.2) is 6.10 Å². The largest absolute Gasteiger partial charge is 0.462 e. The second-order valence-electron chi connectivity index (χ2n) is 22.2. The summed E-state index contributed by atoms with van der Waals surface area (Å²) in [6.07, 6.45) is 55.2. The maximum absolute atomic E-state index is 12.9. The van der Waals surface area contributed by atoms with Crippen LogP contribution >= 0.6 is 0 Å². The van der Waals surface area contributed by atoms with E-state index >= 15 is 0 Å². The average Bonchev–Trinajstić information content (AvgIpc) is 3.30. The van der Waals surface area contributed by atoms with Crippen molar-refractivity contribution in [2.75, 3.05) is 13.2 Å². The molecule has 0 aliphatic rings. The molecule has 0 aliphatic carbocycles. The summed E-state index contributed by atoms with van der Waals surface area (Å²) in [5.41, 5.74) is 0. The van der Waals surface area contributed by atoms with E-state index in [1.807, 2.05) is 0 Å². The molecule has 0 radical (unpaired) electrons. The quantitative estimate of drug-likeness (QED) is 0.0343. The Morgan fingerprint density at radius 3 is 0.776 bits per heavy atom. The van der Waals surface area contributed by atoms with Crippen LogP contribution in [-0.2, 0) is 28.6 Å². The van der Waals surface area contributed by atoms with Crippen molar-refractivity contribution in [3.05, 3.63) is 0 Å². The van der Waals surface area contributed by atoms with Crippen LogP contribution in [0.4, 0.5) is 0 Å². The topological polar surface area (TPSA) is 78.9 Å². The van der Waals surface area contributed by atoms with Gasteiger partial charge in [-0.2, -0.15) is 0 Å². The van der Waals surface area contributed by atoms with Crippen molar-refractivity contribution in [1.82, 2.24) is 0 Å². The van der Waals surface area contributed by atoms with Crippen molar-refractivity contribution in [1.29, 1.82) is 0 Å². The van der Waals surface area contributed by atoms with Gasteiger partial charge < -0.3 is 14.2 Å². The average molecular weight is 948 g/mol. The van der Waals surface area contributed by atoms with E-state index in [0.29, 0.717) is 19.3 Å². The summed E-state index contributed by atoms with van der Waals surface area (Å²) < 4.78 is 16.9. The minimum atomic E-state index is -0.764. The first-order valence-corrected chi connectivity index (χ1v) is 30.1. The second-order valence-corrected chi connectivity index (χ2v) is 22.2. The van der Waals surface area contributed by atoms with E-state index in [1.54, 1.807) is 0 Å². The zero-order chi connectivity index (χ0) is 49.1. The molecule has 1 unspecified atom stereocenters. The lowest BCUT2D eigenvalue weighted by Crippen LogP contribution is -2.30. The SMILES string of the molecule is CCC(C)CCCCCCCCCCCCCCCCC(=O)O[C@H](COC(=O)CCCCCCCCCCCCCCCCCCC(C)C)COC(=O)CCCCCCCCCCCC(C)C. The Morgan fingerprint density at radius 2 is 0.522 bits per heavy atom. The van der Waals surface area contributed by atoms with Gasteiger partial charge in [-0.15, -0.1) is 0 Å². The number of carbonyl (C=O) groups is 3. The summed E-state index contributed by atoms with van der Waals surface area (Å²) in [6.45, 7) is 13.8. The monoisotopic (exact) mass is 947 g/mol. The normalized spacial score (nSPS) is 12.5. The Balaban J connectivity index is 4.27. The van der Waals surface area contributed by atoms with Crippen molar-refractivity contribution in [2.24, 2.45) is 17.8 Å². The highest BCUT2D eigenvalue weighted by Crippen LogP contribution is 2.19. The molecular formula is C61H118O6. The molecule has 67 heavy (non-hydrogen) atoms. The molecule has 0 saturated heterocycles. The number of unbranched alkanes of at least 4 members (excludes halogenated alkanes) is 36. The highest BCUT2D eigenvalue weighted by atomic mass is 16.6. The van der Waals surface area contributed by atoms with Crippen molar-refractivity contribution in [2.45, 2.75) is 343 Å². The summed E-state index contributed by atoms with van der Waals surface area (Å²) in [5.74, 6) is 1.71. The maximum Gasteiger partial charge on any atom is 0.306 e. The van der Waals surface area contributed by atoms with Gasteiger partial charge in [-0.25, -0.2) is 0 Å². The van der Waals surface area contributed by atoms with E-state index in [4.69, 9.17) is 14.2 Å². The Kier molecular flexibility index (Phi) is 51.0. The molecule has 0 aromatic heterocycles. The number of esters is 3. The highest BCUT2D eigenvalue weighted by molar-refractivity contribution is 5.71. The van der Waals surface area contributed by atoms with Crippen molar-refractivity contribution >= 4 is 17.9 Å². The van der Waals surface area contributed by atoms with E-state index < -0.39 is 6.10 Å². The first-order valence-electron chi connectivity index (χ1n) is 30.1. The number of rotatable bonds is 54. The molecule has 0 heterocycles. The van der Waals surface area contributed by atoms with Gasteiger partial charge in [0.1, 0.15) is 13.2 Å². The second kappa shape index (κ2) is 52.2. The van der Waals surface area contributed by atoms with Crippen LogP contribution in [0.15, 0.2) is 0 Å². The third-order valence-corrected chi connectivity index (χ3v) is 14.3. The first-order chi connectivity index (χ1) is 32.6. The summed E-state index contributed by atoms with van der Waals surface area (Å²) in [7, 11) is 0. The smallest absolute Gasteiger partial charge is 0.306 e. The summed E-state index contributed by atoms with van der Waals surface area (Å²) in [4.78, 5) is 38.2. The van der Waals surface area contributed by atoms with Crippen LogP contribution in [-0.4, -0.2) is 37.2 Å². The third kappa shape index (κ3) is 53.6. The Labute approximate surface area is 418 Å². The molecule has 6 heteroatoms. The molecule has 0 aromatic rings. The summed E-state index contributed by atoms with van der Waals surface area (Å²) in [5, 5.41) is 0. The van der Waals surface area contributed by atoms with E-state index in [0.717, 1.165) is 75.5 Å².